The highest BCUT2D eigenvalue weighted by molar-refractivity contribution is 7.47. The van der Waals surface area contributed by atoms with Crippen molar-refractivity contribution in [2.45, 2.75) is 290 Å². The SMILES string of the molecule is CCC/C=C\C/C=C\CCCCCCCC(=O)OCC(COP(=O)(O)OCC(CO)OC(=O)CCCCCCCCC/C=C\C/C=C\CCCCC)OC(=O)CCCCCCCCCCC/C=C\C/C=C\CCCCC. The van der Waals surface area contributed by atoms with Crippen molar-refractivity contribution in [3.8, 4) is 0 Å². The first-order valence-electron chi connectivity index (χ1n) is 30.8. The predicted octanol–water partition coefficient (Wildman–Crippen LogP) is 18.5. The lowest BCUT2D eigenvalue weighted by atomic mass is 10.1. The number of carbonyl (C=O) groups is 3. The van der Waals surface area contributed by atoms with Gasteiger partial charge in [0.05, 0.1) is 19.8 Å². The molecule has 0 fully saturated rings. The Morgan fingerprint density at radius 1 is 0.368 bits per heavy atom. The minimum absolute atomic E-state index is 0.158. The normalized spacial score (nSPS) is 13.8. The summed E-state index contributed by atoms with van der Waals surface area (Å²) in [6.07, 6.45) is 65.6. The van der Waals surface area contributed by atoms with Crippen LogP contribution in [0.4, 0.5) is 0 Å². The molecule has 3 unspecified atom stereocenters. The average molecular weight is 1090 g/mol. The molecule has 11 nitrogen and oxygen atoms in total. The van der Waals surface area contributed by atoms with Gasteiger partial charge in [-0.15, -0.1) is 0 Å². The number of hydrogen-bond acceptors (Lipinski definition) is 10. The number of carbonyl (C=O) groups excluding carboxylic acids is 3. The van der Waals surface area contributed by atoms with E-state index in [0.717, 1.165) is 116 Å². The van der Waals surface area contributed by atoms with Crippen LogP contribution in [0.5, 0.6) is 0 Å². The summed E-state index contributed by atoms with van der Waals surface area (Å²) in [4.78, 5) is 48.6. The molecule has 0 aromatic carbocycles. The highest BCUT2D eigenvalue weighted by Crippen LogP contribution is 2.43. The first-order valence-corrected chi connectivity index (χ1v) is 32.3. The van der Waals surface area contributed by atoms with Gasteiger partial charge in [-0.05, 0) is 109 Å². The average Bonchev–Trinajstić information content (AvgIpc) is 3.41. The molecule has 76 heavy (non-hydrogen) atoms. The van der Waals surface area contributed by atoms with E-state index in [1.807, 2.05) is 0 Å². The molecule has 2 N–H and O–H groups in total. The molecule has 12 heteroatoms. The molecule has 0 saturated carbocycles. The van der Waals surface area contributed by atoms with Crippen LogP contribution in [-0.4, -0.2) is 66.5 Å². The summed E-state index contributed by atoms with van der Waals surface area (Å²) in [5.41, 5.74) is 0. The Morgan fingerprint density at radius 2 is 0.671 bits per heavy atom. The number of phosphoric ester groups is 1. The van der Waals surface area contributed by atoms with Crippen molar-refractivity contribution in [3.05, 3.63) is 72.9 Å². The molecule has 0 rings (SSSR count). The number of aliphatic hydroxyl groups is 1. The van der Waals surface area contributed by atoms with Crippen LogP contribution in [0, 0.1) is 0 Å². The maximum absolute atomic E-state index is 12.9. The summed E-state index contributed by atoms with van der Waals surface area (Å²) in [6.45, 7) is 4.53. The fraction of sp³-hybridized carbons (Fsp3) is 0.766. The van der Waals surface area contributed by atoms with Crippen LogP contribution >= 0.6 is 7.82 Å². The zero-order chi connectivity index (χ0) is 55.5. The van der Waals surface area contributed by atoms with Gasteiger partial charge in [-0.25, -0.2) is 4.57 Å². The number of phosphoric acid groups is 1. The van der Waals surface area contributed by atoms with Crippen molar-refractivity contribution in [3.63, 3.8) is 0 Å². The Balaban J connectivity index is 4.69. The summed E-state index contributed by atoms with van der Waals surface area (Å²) in [5.74, 6) is -1.49. The first kappa shape index (κ1) is 72.9. The Hall–Kier alpha value is -3.08. The lowest BCUT2D eigenvalue weighted by Crippen LogP contribution is -2.30. The van der Waals surface area contributed by atoms with Crippen LogP contribution < -0.4 is 0 Å². The summed E-state index contributed by atoms with van der Waals surface area (Å²) in [7, 11) is -4.76. The van der Waals surface area contributed by atoms with Gasteiger partial charge in [0.15, 0.2) is 6.10 Å². The fourth-order valence-corrected chi connectivity index (χ4v) is 9.12. The zero-order valence-corrected chi connectivity index (χ0v) is 49.6. The van der Waals surface area contributed by atoms with Crippen molar-refractivity contribution in [1.29, 1.82) is 0 Å². The molecule has 0 aliphatic heterocycles. The molecule has 0 spiro atoms. The van der Waals surface area contributed by atoms with Gasteiger partial charge in [-0.2, -0.15) is 0 Å². The number of esters is 3. The van der Waals surface area contributed by atoms with Gasteiger partial charge in [0.1, 0.15) is 12.7 Å². The number of hydrogen-bond donors (Lipinski definition) is 2. The van der Waals surface area contributed by atoms with E-state index in [1.54, 1.807) is 0 Å². The quantitative estimate of drug-likeness (QED) is 0.0197. The second-order valence-corrected chi connectivity index (χ2v) is 22.0. The van der Waals surface area contributed by atoms with Gasteiger partial charge < -0.3 is 24.2 Å². The van der Waals surface area contributed by atoms with Gasteiger partial charge >= 0.3 is 25.7 Å². The number of ether oxygens (including phenoxy) is 3. The molecule has 0 aromatic heterocycles. The van der Waals surface area contributed by atoms with Crippen molar-refractivity contribution >= 4 is 25.7 Å². The fourth-order valence-electron chi connectivity index (χ4n) is 8.34. The molecular weight excluding hydrogens is 976 g/mol. The molecule has 0 saturated heterocycles. The van der Waals surface area contributed by atoms with Crippen LogP contribution in [0.3, 0.4) is 0 Å². The van der Waals surface area contributed by atoms with Crippen molar-refractivity contribution in [2.75, 3.05) is 26.4 Å². The Morgan fingerprint density at radius 3 is 1.03 bits per heavy atom. The van der Waals surface area contributed by atoms with Crippen LogP contribution in [0.15, 0.2) is 72.9 Å². The number of aliphatic hydroxyl groups excluding tert-OH is 1. The highest BCUT2D eigenvalue weighted by atomic mass is 31.2. The molecule has 0 heterocycles. The van der Waals surface area contributed by atoms with Crippen LogP contribution in [-0.2, 0) is 42.2 Å². The molecule has 3 atom stereocenters. The molecule has 0 radical (unpaired) electrons. The topological polar surface area (TPSA) is 155 Å². The van der Waals surface area contributed by atoms with Gasteiger partial charge in [-0.3, -0.25) is 23.4 Å². The summed E-state index contributed by atoms with van der Waals surface area (Å²) in [5, 5.41) is 9.84. The third-order valence-corrected chi connectivity index (χ3v) is 14.0. The lowest BCUT2D eigenvalue weighted by molar-refractivity contribution is -0.161. The maximum Gasteiger partial charge on any atom is 0.472 e. The molecular formula is C64H113O11P. The van der Waals surface area contributed by atoms with Crippen molar-refractivity contribution in [2.24, 2.45) is 0 Å². The number of rotatable bonds is 57. The predicted molar refractivity (Wildman–Crippen MR) is 316 cm³/mol. The number of allylic oxidation sites excluding steroid dienone is 12. The zero-order valence-electron chi connectivity index (χ0n) is 48.7. The highest BCUT2D eigenvalue weighted by Gasteiger charge is 2.28. The van der Waals surface area contributed by atoms with Gasteiger partial charge in [0.2, 0.25) is 0 Å². The minimum Gasteiger partial charge on any atom is -0.462 e. The summed E-state index contributed by atoms with van der Waals surface area (Å²) < 4.78 is 39.6. The minimum atomic E-state index is -4.76. The second-order valence-electron chi connectivity index (χ2n) is 20.5. The van der Waals surface area contributed by atoms with E-state index >= 15 is 0 Å². The smallest absolute Gasteiger partial charge is 0.462 e. The molecule has 0 aliphatic carbocycles. The van der Waals surface area contributed by atoms with E-state index in [0.29, 0.717) is 19.3 Å². The van der Waals surface area contributed by atoms with Crippen molar-refractivity contribution in [1.82, 2.24) is 0 Å². The van der Waals surface area contributed by atoms with E-state index < -0.39 is 57.8 Å². The number of unbranched alkanes of at least 4 members (excludes halogenated alkanes) is 28. The van der Waals surface area contributed by atoms with Crippen LogP contribution in [0.1, 0.15) is 278 Å². The van der Waals surface area contributed by atoms with E-state index in [4.69, 9.17) is 23.3 Å². The lowest BCUT2D eigenvalue weighted by Gasteiger charge is -2.21. The molecule has 0 aromatic rings. The second kappa shape index (κ2) is 58.1. The molecule has 0 bridgehead atoms. The molecule has 0 aliphatic rings. The van der Waals surface area contributed by atoms with Crippen molar-refractivity contribution < 1.29 is 52.2 Å². The van der Waals surface area contributed by atoms with Gasteiger partial charge in [-0.1, -0.05) is 222 Å². The van der Waals surface area contributed by atoms with Crippen LogP contribution in [0.25, 0.3) is 0 Å². The van der Waals surface area contributed by atoms with E-state index in [9.17, 15) is 28.9 Å². The monoisotopic (exact) mass is 1090 g/mol. The first-order chi connectivity index (χ1) is 37.2. The standard InChI is InChI=1S/C64H113O11P/c1-4-7-10-13-16-19-22-25-27-29-30-32-34-37-40-43-46-49-52-55-64(68)75-61(57-71-62(66)53-50-47-44-41-38-35-24-21-18-15-12-9-6-3)59-73-76(69,70)72-58-60(56-65)74-63(67)54-51-48-45-42-39-36-33-31-28-26-23-20-17-14-11-8-5-2/h12,15-17,19-21,24-28,60-61,65H,4-11,13-14,18,22-23,29-59H2,1-3H3,(H,69,70)/b15-12-,19-16-,20-17-,24-21-,27-25-,28-26-. The third kappa shape index (κ3) is 55.7. The largest absolute Gasteiger partial charge is 0.472 e. The Kier molecular flexibility index (Phi) is 55.7. The Bertz CT molecular complexity index is 1550. The van der Waals surface area contributed by atoms with Gasteiger partial charge in [0.25, 0.3) is 0 Å². The maximum atomic E-state index is 12.9. The third-order valence-electron chi connectivity index (χ3n) is 13.1. The van der Waals surface area contributed by atoms with Crippen LogP contribution in [0.2, 0.25) is 0 Å². The molecule has 440 valence electrons. The van der Waals surface area contributed by atoms with E-state index in [1.165, 1.54) is 103 Å². The molecule has 0 amide bonds. The van der Waals surface area contributed by atoms with Gasteiger partial charge in [0, 0.05) is 19.3 Å². The summed E-state index contributed by atoms with van der Waals surface area (Å²) >= 11 is 0. The van der Waals surface area contributed by atoms with E-state index in [-0.39, 0.29) is 25.9 Å². The Labute approximate surface area is 465 Å². The summed E-state index contributed by atoms with van der Waals surface area (Å²) in [6, 6.07) is 0. The van der Waals surface area contributed by atoms with E-state index in [2.05, 4.69) is 93.7 Å².